The molecule has 1 rings (SSSR count). The summed E-state index contributed by atoms with van der Waals surface area (Å²) >= 11 is 0. The third-order valence-electron chi connectivity index (χ3n) is 3.09. The van der Waals surface area contributed by atoms with Crippen molar-refractivity contribution in [2.24, 2.45) is 17.6 Å². The van der Waals surface area contributed by atoms with E-state index in [4.69, 9.17) is 5.73 Å². The molecule has 1 heteroatoms. The Bertz CT molecular complexity index is 107. The highest BCUT2D eigenvalue weighted by atomic mass is 14.6. The third-order valence-corrected chi connectivity index (χ3v) is 3.09. The van der Waals surface area contributed by atoms with Crippen molar-refractivity contribution < 1.29 is 0 Å². The number of hydrogen-bond acceptors (Lipinski definition) is 1. The van der Waals surface area contributed by atoms with Gasteiger partial charge in [0.15, 0.2) is 0 Å². The molecular weight excluding hydrogens is 134 g/mol. The molecule has 0 bridgehead atoms. The van der Waals surface area contributed by atoms with Gasteiger partial charge in [-0.1, -0.05) is 13.3 Å². The van der Waals surface area contributed by atoms with Gasteiger partial charge in [0.1, 0.15) is 0 Å². The number of hydrogen-bond donors (Lipinski definition) is 1. The van der Waals surface area contributed by atoms with Crippen LogP contribution in [0.15, 0.2) is 0 Å². The molecule has 3 unspecified atom stereocenters. The Morgan fingerprint density at radius 1 is 1.36 bits per heavy atom. The van der Waals surface area contributed by atoms with Crippen LogP contribution in [-0.2, 0) is 0 Å². The molecule has 11 heavy (non-hydrogen) atoms. The van der Waals surface area contributed by atoms with Crippen LogP contribution in [0, 0.1) is 11.8 Å². The molecule has 0 aromatic rings. The van der Waals surface area contributed by atoms with Crippen LogP contribution in [0.1, 0.15) is 46.0 Å². The van der Waals surface area contributed by atoms with Crippen LogP contribution in [0.3, 0.4) is 0 Å². The SMILES string of the molecule is CCC1CCC1CCC(C)N. The minimum absolute atomic E-state index is 0.410. The molecule has 1 nitrogen and oxygen atoms in total. The molecule has 0 spiro atoms. The van der Waals surface area contributed by atoms with E-state index in [1.165, 1.54) is 32.1 Å². The van der Waals surface area contributed by atoms with Gasteiger partial charge in [-0.05, 0) is 44.4 Å². The first-order valence-electron chi connectivity index (χ1n) is 4.99. The first kappa shape index (κ1) is 9.05. The van der Waals surface area contributed by atoms with E-state index in [9.17, 15) is 0 Å². The van der Waals surface area contributed by atoms with Crippen molar-refractivity contribution >= 4 is 0 Å². The van der Waals surface area contributed by atoms with Gasteiger partial charge in [-0.2, -0.15) is 0 Å². The first-order valence-corrected chi connectivity index (χ1v) is 4.99. The van der Waals surface area contributed by atoms with E-state index in [-0.39, 0.29) is 0 Å². The lowest BCUT2D eigenvalue weighted by molar-refractivity contribution is 0.153. The predicted octanol–water partition coefficient (Wildman–Crippen LogP) is 2.55. The van der Waals surface area contributed by atoms with Crippen molar-refractivity contribution in [1.29, 1.82) is 0 Å². The summed E-state index contributed by atoms with van der Waals surface area (Å²) < 4.78 is 0. The van der Waals surface area contributed by atoms with E-state index in [0.717, 1.165) is 11.8 Å². The monoisotopic (exact) mass is 155 g/mol. The van der Waals surface area contributed by atoms with Crippen molar-refractivity contribution in [2.45, 2.75) is 52.0 Å². The summed E-state index contributed by atoms with van der Waals surface area (Å²) in [7, 11) is 0. The molecule has 0 heterocycles. The fourth-order valence-corrected chi connectivity index (χ4v) is 2.03. The molecule has 0 aliphatic heterocycles. The van der Waals surface area contributed by atoms with Gasteiger partial charge in [0.05, 0.1) is 0 Å². The summed E-state index contributed by atoms with van der Waals surface area (Å²) in [5, 5.41) is 0. The predicted molar refractivity (Wildman–Crippen MR) is 49.4 cm³/mol. The maximum atomic E-state index is 5.71. The molecule has 0 aromatic carbocycles. The van der Waals surface area contributed by atoms with Gasteiger partial charge in [0.2, 0.25) is 0 Å². The van der Waals surface area contributed by atoms with Crippen LogP contribution in [0.2, 0.25) is 0 Å². The van der Waals surface area contributed by atoms with Crippen molar-refractivity contribution in [3.05, 3.63) is 0 Å². The Hall–Kier alpha value is -0.0400. The van der Waals surface area contributed by atoms with Crippen molar-refractivity contribution in [3.8, 4) is 0 Å². The highest BCUT2D eigenvalue weighted by Crippen LogP contribution is 2.39. The second kappa shape index (κ2) is 4.10. The first-order chi connectivity index (χ1) is 5.24. The van der Waals surface area contributed by atoms with Gasteiger partial charge in [-0.3, -0.25) is 0 Å². The fraction of sp³-hybridized carbons (Fsp3) is 1.00. The Balaban J connectivity index is 2.07. The highest BCUT2D eigenvalue weighted by Gasteiger charge is 2.28. The lowest BCUT2D eigenvalue weighted by Crippen LogP contribution is -2.27. The van der Waals surface area contributed by atoms with Crippen molar-refractivity contribution in [1.82, 2.24) is 0 Å². The Morgan fingerprint density at radius 2 is 2.00 bits per heavy atom. The topological polar surface area (TPSA) is 26.0 Å². The molecule has 1 fully saturated rings. The molecule has 1 saturated carbocycles. The Labute approximate surface area is 70.4 Å². The lowest BCUT2D eigenvalue weighted by atomic mass is 9.70. The molecule has 66 valence electrons. The molecule has 0 saturated heterocycles. The standard InChI is InChI=1S/C10H21N/c1-3-9-6-7-10(9)5-4-8(2)11/h8-10H,3-7,11H2,1-2H3. The molecule has 0 aromatic heterocycles. The zero-order valence-electron chi connectivity index (χ0n) is 7.84. The molecule has 0 radical (unpaired) electrons. The van der Waals surface area contributed by atoms with Crippen LogP contribution in [0.25, 0.3) is 0 Å². The minimum Gasteiger partial charge on any atom is -0.328 e. The Kier molecular flexibility index (Phi) is 3.38. The fourth-order valence-electron chi connectivity index (χ4n) is 2.03. The van der Waals surface area contributed by atoms with Crippen molar-refractivity contribution in [3.63, 3.8) is 0 Å². The van der Waals surface area contributed by atoms with E-state index >= 15 is 0 Å². The van der Waals surface area contributed by atoms with Crippen LogP contribution >= 0.6 is 0 Å². The summed E-state index contributed by atoms with van der Waals surface area (Å²) in [6.07, 6.45) is 6.91. The molecular formula is C10H21N. The van der Waals surface area contributed by atoms with Crippen LogP contribution in [0.5, 0.6) is 0 Å². The summed E-state index contributed by atoms with van der Waals surface area (Å²) in [5.74, 6) is 2.06. The minimum atomic E-state index is 0.410. The van der Waals surface area contributed by atoms with E-state index in [1.807, 2.05) is 0 Å². The second-order valence-corrected chi connectivity index (χ2v) is 4.06. The molecule has 1 aliphatic rings. The smallest absolute Gasteiger partial charge is 0.00105 e. The highest BCUT2D eigenvalue weighted by molar-refractivity contribution is 4.80. The normalized spacial score (nSPS) is 33.0. The molecule has 0 amide bonds. The molecule has 2 N–H and O–H groups in total. The Morgan fingerprint density at radius 3 is 2.36 bits per heavy atom. The molecule has 3 atom stereocenters. The quantitative estimate of drug-likeness (QED) is 0.663. The largest absolute Gasteiger partial charge is 0.328 e. The summed E-state index contributed by atoms with van der Waals surface area (Å²) in [6.45, 7) is 4.42. The number of rotatable bonds is 4. The lowest BCUT2D eigenvalue weighted by Gasteiger charge is -2.36. The van der Waals surface area contributed by atoms with Crippen LogP contribution in [0.4, 0.5) is 0 Å². The van der Waals surface area contributed by atoms with Gasteiger partial charge in [-0.15, -0.1) is 0 Å². The third kappa shape index (κ3) is 2.48. The van der Waals surface area contributed by atoms with Gasteiger partial charge < -0.3 is 5.73 Å². The second-order valence-electron chi connectivity index (χ2n) is 4.06. The summed E-state index contributed by atoms with van der Waals surface area (Å²) in [6, 6.07) is 0.410. The van der Waals surface area contributed by atoms with E-state index < -0.39 is 0 Å². The van der Waals surface area contributed by atoms with E-state index in [2.05, 4.69) is 13.8 Å². The van der Waals surface area contributed by atoms with Gasteiger partial charge >= 0.3 is 0 Å². The molecule has 1 aliphatic carbocycles. The van der Waals surface area contributed by atoms with Crippen molar-refractivity contribution in [2.75, 3.05) is 0 Å². The van der Waals surface area contributed by atoms with E-state index in [0.29, 0.717) is 6.04 Å². The average Bonchev–Trinajstić information content (AvgIpc) is 1.86. The van der Waals surface area contributed by atoms with Gasteiger partial charge in [-0.25, -0.2) is 0 Å². The maximum absolute atomic E-state index is 5.71. The van der Waals surface area contributed by atoms with Gasteiger partial charge in [0, 0.05) is 6.04 Å². The average molecular weight is 155 g/mol. The van der Waals surface area contributed by atoms with Crippen LogP contribution < -0.4 is 5.73 Å². The van der Waals surface area contributed by atoms with E-state index in [1.54, 1.807) is 0 Å². The van der Waals surface area contributed by atoms with Gasteiger partial charge in [0.25, 0.3) is 0 Å². The summed E-state index contributed by atoms with van der Waals surface area (Å²) in [4.78, 5) is 0. The zero-order chi connectivity index (χ0) is 8.27. The summed E-state index contributed by atoms with van der Waals surface area (Å²) in [5.41, 5.74) is 5.71. The van der Waals surface area contributed by atoms with Crippen LogP contribution in [-0.4, -0.2) is 6.04 Å². The zero-order valence-corrected chi connectivity index (χ0v) is 7.84. The number of nitrogens with two attached hydrogens (primary N) is 1. The maximum Gasteiger partial charge on any atom is 0.00105 e.